The van der Waals surface area contributed by atoms with Crippen LogP contribution in [0.2, 0.25) is 0 Å². The van der Waals surface area contributed by atoms with Gasteiger partial charge in [0, 0.05) is 16.6 Å². The van der Waals surface area contributed by atoms with Gasteiger partial charge in [-0.25, -0.2) is 13.1 Å². The van der Waals surface area contributed by atoms with Crippen molar-refractivity contribution >= 4 is 26.0 Å². The van der Waals surface area contributed by atoms with E-state index < -0.39 is 15.6 Å². The topological polar surface area (TPSA) is 72.2 Å². The van der Waals surface area contributed by atoms with Crippen molar-refractivity contribution in [3.8, 4) is 0 Å². The molecule has 0 saturated carbocycles. The molecule has 0 bridgehead atoms. The molecule has 0 aliphatic rings. The lowest BCUT2D eigenvalue weighted by Gasteiger charge is -2.26. The molecule has 0 amide bonds. The van der Waals surface area contributed by atoms with Crippen molar-refractivity contribution in [2.24, 2.45) is 5.73 Å². The number of halogens is 1. The summed E-state index contributed by atoms with van der Waals surface area (Å²) in [7, 11) is -3.54. The van der Waals surface area contributed by atoms with Crippen molar-refractivity contribution in [1.29, 1.82) is 0 Å². The minimum atomic E-state index is -3.54. The van der Waals surface area contributed by atoms with E-state index >= 15 is 0 Å². The molecular formula is C13H21BrN2O2S. The number of sulfonamides is 1. The molecule has 0 radical (unpaired) electrons. The fraction of sp³-hybridized carbons (Fsp3) is 0.538. The van der Waals surface area contributed by atoms with Crippen LogP contribution in [0.1, 0.15) is 32.3 Å². The fourth-order valence-corrected chi connectivity index (χ4v) is 3.84. The van der Waals surface area contributed by atoms with Crippen molar-refractivity contribution < 1.29 is 8.42 Å². The van der Waals surface area contributed by atoms with Crippen molar-refractivity contribution in [3.05, 3.63) is 28.2 Å². The highest BCUT2D eigenvalue weighted by Crippen LogP contribution is 2.25. The number of hydrogen-bond donors (Lipinski definition) is 2. The van der Waals surface area contributed by atoms with Gasteiger partial charge in [-0.05, 0) is 47.3 Å². The Morgan fingerprint density at radius 1 is 1.32 bits per heavy atom. The first-order valence-corrected chi connectivity index (χ1v) is 8.57. The van der Waals surface area contributed by atoms with E-state index in [1.165, 1.54) is 0 Å². The van der Waals surface area contributed by atoms with Gasteiger partial charge in [-0.3, -0.25) is 0 Å². The zero-order valence-corrected chi connectivity index (χ0v) is 13.9. The van der Waals surface area contributed by atoms with Crippen LogP contribution in [0, 0.1) is 6.92 Å². The molecule has 0 unspecified atom stereocenters. The van der Waals surface area contributed by atoms with Crippen LogP contribution in [0.25, 0.3) is 0 Å². The van der Waals surface area contributed by atoms with Crippen molar-refractivity contribution in [1.82, 2.24) is 4.72 Å². The van der Waals surface area contributed by atoms with Gasteiger partial charge >= 0.3 is 0 Å². The van der Waals surface area contributed by atoms with Gasteiger partial charge in [0.2, 0.25) is 10.0 Å². The van der Waals surface area contributed by atoms with Crippen molar-refractivity contribution in [2.45, 2.75) is 44.0 Å². The summed E-state index contributed by atoms with van der Waals surface area (Å²) in [5, 5.41) is 0. The van der Waals surface area contributed by atoms with Crippen LogP contribution >= 0.6 is 15.9 Å². The smallest absolute Gasteiger partial charge is 0.241 e. The number of benzene rings is 1. The van der Waals surface area contributed by atoms with E-state index in [9.17, 15) is 8.42 Å². The van der Waals surface area contributed by atoms with Crippen LogP contribution in [0.15, 0.2) is 27.6 Å². The molecule has 4 nitrogen and oxygen atoms in total. The Hall–Kier alpha value is -0.430. The Bertz CT molecular complexity index is 540. The highest BCUT2D eigenvalue weighted by atomic mass is 79.9. The van der Waals surface area contributed by atoms with Gasteiger partial charge in [0.05, 0.1) is 4.90 Å². The van der Waals surface area contributed by atoms with E-state index in [-0.39, 0.29) is 11.4 Å². The summed E-state index contributed by atoms with van der Waals surface area (Å²) in [5.41, 5.74) is 6.50. The number of rotatable bonds is 6. The molecular weight excluding hydrogens is 328 g/mol. The third-order valence-electron chi connectivity index (χ3n) is 3.47. The number of nitrogens with two attached hydrogens (primary N) is 1. The largest absolute Gasteiger partial charge is 0.324 e. The molecule has 108 valence electrons. The average molecular weight is 349 g/mol. The maximum atomic E-state index is 12.3. The molecule has 0 heterocycles. The molecule has 0 aromatic heterocycles. The minimum Gasteiger partial charge on any atom is -0.324 e. The summed E-state index contributed by atoms with van der Waals surface area (Å²) in [6, 6.07) is 5.16. The maximum absolute atomic E-state index is 12.3. The Morgan fingerprint density at radius 2 is 1.89 bits per heavy atom. The number of nitrogens with one attached hydrogen (secondary N) is 1. The van der Waals surface area contributed by atoms with Crippen LogP contribution in [0.4, 0.5) is 0 Å². The molecule has 0 spiro atoms. The molecule has 1 rings (SSSR count). The van der Waals surface area contributed by atoms with E-state index in [0.29, 0.717) is 4.47 Å². The summed E-state index contributed by atoms with van der Waals surface area (Å²) in [4.78, 5) is 0.252. The third-order valence-corrected chi connectivity index (χ3v) is 6.23. The minimum absolute atomic E-state index is 0.239. The van der Waals surface area contributed by atoms with Crippen LogP contribution in [0.5, 0.6) is 0 Å². The molecule has 1 aromatic carbocycles. The first kappa shape index (κ1) is 16.6. The summed E-state index contributed by atoms with van der Waals surface area (Å²) >= 11 is 3.32. The van der Waals surface area contributed by atoms with Gasteiger partial charge in [-0.15, -0.1) is 0 Å². The molecule has 0 aliphatic carbocycles. The maximum Gasteiger partial charge on any atom is 0.241 e. The predicted molar refractivity (Wildman–Crippen MR) is 81.6 cm³/mol. The van der Waals surface area contributed by atoms with Gasteiger partial charge in [-0.2, -0.15) is 0 Å². The van der Waals surface area contributed by atoms with Gasteiger partial charge in [0.1, 0.15) is 0 Å². The lowest BCUT2D eigenvalue weighted by Crippen LogP contribution is -2.49. The second-order valence-electron chi connectivity index (χ2n) is 4.78. The highest BCUT2D eigenvalue weighted by Gasteiger charge is 2.25. The summed E-state index contributed by atoms with van der Waals surface area (Å²) < 4.78 is 27.8. The summed E-state index contributed by atoms with van der Waals surface area (Å²) in [6.07, 6.45) is 1.45. The van der Waals surface area contributed by atoms with Crippen LogP contribution in [-0.4, -0.2) is 20.5 Å². The second kappa shape index (κ2) is 6.35. The fourth-order valence-electron chi connectivity index (χ4n) is 1.64. The summed E-state index contributed by atoms with van der Waals surface area (Å²) in [5.74, 6) is 0. The molecule has 0 atom stereocenters. The van der Waals surface area contributed by atoms with Gasteiger partial charge in [0.15, 0.2) is 0 Å². The van der Waals surface area contributed by atoms with Crippen molar-refractivity contribution in [3.63, 3.8) is 0 Å². The molecule has 0 fully saturated rings. The highest BCUT2D eigenvalue weighted by molar-refractivity contribution is 9.10. The van der Waals surface area contributed by atoms with E-state index in [4.69, 9.17) is 5.73 Å². The molecule has 0 saturated heterocycles. The second-order valence-corrected chi connectivity index (χ2v) is 7.31. The first-order chi connectivity index (χ1) is 8.75. The van der Waals surface area contributed by atoms with E-state index in [0.717, 1.165) is 18.4 Å². The Labute approximate surface area is 124 Å². The normalized spacial score (nSPS) is 12.7. The SMILES string of the molecule is CCC(N)(CC)CNS(=O)(=O)c1cccc(C)c1Br. The number of hydrogen-bond acceptors (Lipinski definition) is 3. The Balaban J connectivity index is 2.97. The Morgan fingerprint density at radius 3 is 2.42 bits per heavy atom. The third kappa shape index (κ3) is 4.02. The summed E-state index contributed by atoms with van der Waals surface area (Å²) in [6.45, 7) is 6.01. The monoisotopic (exact) mass is 348 g/mol. The molecule has 19 heavy (non-hydrogen) atoms. The average Bonchev–Trinajstić information content (AvgIpc) is 2.39. The molecule has 1 aromatic rings. The standard InChI is InChI=1S/C13H21BrN2O2S/c1-4-13(15,5-2)9-16-19(17,18)11-8-6-7-10(3)12(11)14/h6-8,16H,4-5,9,15H2,1-3H3. The van der Waals surface area contributed by atoms with E-state index in [2.05, 4.69) is 20.7 Å². The molecule has 6 heteroatoms. The van der Waals surface area contributed by atoms with Gasteiger partial charge in [0.25, 0.3) is 0 Å². The van der Waals surface area contributed by atoms with Gasteiger partial charge < -0.3 is 5.73 Å². The van der Waals surface area contributed by atoms with Crippen molar-refractivity contribution in [2.75, 3.05) is 6.54 Å². The van der Waals surface area contributed by atoms with Gasteiger partial charge in [-0.1, -0.05) is 26.0 Å². The molecule has 0 aliphatic heterocycles. The van der Waals surface area contributed by atoms with E-state index in [1.54, 1.807) is 12.1 Å². The lowest BCUT2D eigenvalue weighted by atomic mass is 9.95. The first-order valence-electron chi connectivity index (χ1n) is 6.29. The van der Waals surface area contributed by atoms with Crippen LogP contribution in [-0.2, 0) is 10.0 Å². The number of aryl methyl sites for hydroxylation is 1. The predicted octanol–water partition coefficient (Wildman–Crippen LogP) is 2.55. The zero-order valence-electron chi connectivity index (χ0n) is 11.5. The van der Waals surface area contributed by atoms with Crippen LogP contribution < -0.4 is 10.5 Å². The quantitative estimate of drug-likeness (QED) is 0.829. The zero-order chi connectivity index (χ0) is 14.7. The van der Waals surface area contributed by atoms with Crippen LogP contribution in [0.3, 0.4) is 0 Å². The molecule has 3 N–H and O–H groups in total. The van der Waals surface area contributed by atoms with E-state index in [1.807, 2.05) is 26.8 Å². The lowest BCUT2D eigenvalue weighted by molar-refractivity contribution is 0.391. The Kier molecular flexibility index (Phi) is 5.55.